The molecule has 2 heterocycles. The van der Waals surface area contributed by atoms with Crippen molar-refractivity contribution in [2.24, 2.45) is 0 Å². The molecular weight excluding hydrogens is 382 g/mol. The summed E-state index contributed by atoms with van der Waals surface area (Å²) >= 11 is 0. The molecule has 156 valence electrons. The smallest absolute Gasteiger partial charge is 0.232 e. The van der Waals surface area contributed by atoms with E-state index >= 15 is 0 Å². The summed E-state index contributed by atoms with van der Waals surface area (Å²) in [6.07, 6.45) is 0.347. The Bertz CT molecular complexity index is 1040. The van der Waals surface area contributed by atoms with E-state index in [1.807, 2.05) is 18.2 Å². The van der Waals surface area contributed by atoms with Crippen LogP contribution in [0.25, 0.3) is 11.4 Å². The van der Waals surface area contributed by atoms with E-state index in [4.69, 9.17) is 14.0 Å². The lowest BCUT2D eigenvalue weighted by atomic mass is 10.0. The third kappa shape index (κ3) is 3.75. The number of nitrogens with zero attached hydrogens (tertiary/aromatic N) is 3. The molecule has 0 unspecified atom stereocenters. The quantitative estimate of drug-likeness (QED) is 0.603. The van der Waals surface area contributed by atoms with E-state index in [-0.39, 0.29) is 11.8 Å². The Kier molecular flexibility index (Phi) is 5.44. The van der Waals surface area contributed by atoms with E-state index in [0.717, 1.165) is 11.3 Å². The first-order chi connectivity index (χ1) is 14.5. The summed E-state index contributed by atoms with van der Waals surface area (Å²) in [6, 6.07) is 13.6. The molecule has 1 fully saturated rings. The SMILES string of the molecule is COc1ccc(-c2noc([C@@H]3CC(=O)N(c4ccc(C(C)C)cc4)C3)n2)cc1OC. The van der Waals surface area contributed by atoms with Crippen LogP contribution < -0.4 is 14.4 Å². The number of carbonyl (C=O) groups excluding carboxylic acids is 1. The van der Waals surface area contributed by atoms with E-state index in [9.17, 15) is 4.79 Å². The number of anilines is 1. The largest absolute Gasteiger partial charge is 0.493 e. The molecule has 1 aromatic heterocycles. The van der Waals surface area contributed by atoms with Gasteiger partial charge in [0.1, 0.15) is 0 Å². The Morgan fingerprint density at radius 3 is 2.47 bits per heavy atom. The minimum absolute atomic E-state index is 0.0585. The first-order valence-electron chi connectivity index (χ1n) is 9.96. The van der Waals surface area contributed by atoms with Crippen molar-refractivity contribution in [1.82, 2.24) is 10.1 Å². The average Bonchev–Trinajstić information content (AvgIpc) is 3.40. The average molecular weight is 407 g/mol. The fourth-order valence-corrected chi connectivity index (χ4v) is 3.66. The summed E-state index contributed by atoms with van der Waals surface area (Å²) in [5.74, 6) is 2.52. The molecule has 7 heteroatoms. The Hall–Kier alpha value is -3.35. The third-order valence-corrected chi connectivity index (χ3v) is 5.43. The number of hydrogen-bond acceptors (Lipinski definition) is 6. The maximum atomic E-state index is 12.6. The van der Waals surface area contributed by atoms with Crippen LogP contribution in [0.4, 0.5) is 5.69 Å². The van der Waals surface area contributed by atoms with Crippen molar-refractivity contribution in [2.75, 3.05) is 25.7 Å². The van der Waals surface area contributed by atoms with Gasteiger partial charge in [0.05, 0.1) is 20.1 Å². The maximum absolute atomic E-state index is 12.6. The van der Waals surface area contributed by atoms with Crippen molar-refractivity contribution in [3.63, 3.8) is 0 Å². The predicted molar refractivity (Wildman–Crippen MR) is 113 cm³/mol. The summed E-state index contributed by atoms with van der Waals surface area (Å²) in [7, 11) is 3.17. The van der Waals surface area contributed by atoms with Crippen LogP contribution in [0.1, 0.15) is 43.6 Å². The topological polar surface area (TPSA) is 77.7 Å². The lowest BCUT2D eigenvalue weighted by molar-refractivity contribution is -0.117. The number of methoxy groups -OCH3 is 2. The molecular formula is C23H25N3O4. The van der Waals surface area contributed by atoms with E-state index in [1.54, 1.807) is 31.3 Å². The molecule has 1 aliphatic rings. The Morgan fingerprint density at radius 2 is 1.80 bits per heavy atom. The Labute approximate surface area is 175 Å². The van der Waals surface area contributed by atoms with Gasteiger partial charge in [0.25, 0.3) is 0 Å². The van der Waals surface area contributed by atoms with Gasteiger partial charge in [-0.1, -0.05) is 31.1 Å². The molecule has 4 rings (SSSR count). The first kappa shape index (κ1) is 19.9. The van der Waals surface area contributed by atoms with Gasteiger partial charge < -0.3 is 18.9 Å². The monoisotopic (exact) mass is 407 g/mol. The number of benzene rings is 2. The molecule has 1 atom stereocenters. The van der Waals surface area contributed by atoms with Crippen LogP contribution in [-0.2, 0) is 4.79 Å². The lowest BCUT2D eigenvalue weighted by Gasteiger charge is -2.17. The first-order valence-corrected chi connectivity index (χ1v) is 9.96. The maximum Gasteiger partial charge on any atom is 0.232 e. The summed E-state index contributed by atoms with van der Waals surface area (Å²) in [5.41, 5.74) is 2.90. The van der Waals surface area contributed by atoms with Crippen LogP contribution >= 0.6 is 0 Å². The van der Waals surface area contributed by atoms with E-state index < -0.39 is 0 Å². The van der Waals surface area contributed by atoms with Crippen molar-refractivity contribution in [3.8, 4) is 22.9 Å². The van der Waals surface area contributed by atoms with Crippen LogP contribution in [-0.4, -0.2) is 36.8 Å². The van der Waals surface area contributed by atoms with Crippen LogP contribution in [0, 0.1) is 0 Å². The fourth-order valence-electron chi connectivity index (χ4n) is 3.66. The van der Waals surface area contributed by atoms with E-state index in [1.165, 1.54) is 5.56 Å². The fraction of sp³-hybridized carbons (Fsp3) is 0.348. The normalized spacial score (nSPS) is 16.4. The van der Waals surface area contributed by atoms with Crippen LogP contribution in [0.5, 0.6) is 11.5 Å². The van der Waals surface area contributed by atoms with Crippen molar-refractivity contribution in [3.05, 3.63) is 53.9 Å². The molecule has 1 saturated heterocycles. The van der Waals surface area contributed by atoms with Crippen molar-refractivity contribution >= 4 is 11.6 Å². The number of rotatable bonds is 6. The van der Waals surface area contributed by atoms with Crippen LogP contribution in [0.3, 0.4) is 0 Å². The standard InChI is InChI=1S/C23H25N3O4/c1-14(2)15-5-8-18(9-6-15)26-13-17(12-21(26)27)23-24-22(25-30-23)16-7-10-19(28-3)20(11-16)29-4/h5-11,14,17H,12-13H2,1-4H3/t17-/m1/s1. The molecule has 0 radical (unpaired) electrons. The molecule has 0 saturated carbocycles. The molecule has 0 aliphatic carbocycles. The second-order valence-electron chi connectivity index (χ2n) is 7.68. The van der Waals surface area contributed by atoms with Gasteiger partial charge in [-0.15, -0.1) is 0 Å². The molecule has 1 aliphatic heterocycles. The van der Waals surface area contributed by atoms with Crippen molar-refractivity contribution in [2.45, 2.75) is 32.1 Å². The lowest BCUT2D eigenvalue weighted by Crippen LogP contribution is -2.24. The van der Waals surface area contributed by atoms with Crippen molar-refractivity contribution < 1.29 is 18.8 Å². The van der Waals surface area contributed by atoms with E-state index in [2.05, 4.69) is 36.1 Å². The van der Waals surface area contributed by atoms with Crippen LogP contribution in [0.15, 0.2) is 47.0 Å². The van der Waals surface area contributed by atoms with Gasteiger partial charge >= 0.3 is 0 Å². The van der Waals surface area contributed by atoms with Gasteiger partial charge in [0, 0.05) is 24.2 Å². The highest BCUT2D eigenvalue weighted by molar-refractivity contribution is 5.96. The second kappa shape index (κ2) is 8.18. The molecule has 3 aromatic rings. The van der Waals surface area contributed by atoms with Crippen molar-refractivity contribution in [1.29, 1.82) is 0 Å². The second-order valence-corrected chi connectivity index (χ2v) is 7.68. The van der Waals surface area contributed by atoms with Crippen LogP contribution in [0.2, 0.25) is 0 Å². The molecule has 30 heavy (non-hydrogen) atoms. The molecule has 2 aromatic carbocycles. The Morgan fingerprint density at radius 1 is 1.07 bits per heavy atom. The molecule has 0 N–H and O–H groups in total. The molecule has 7 nitrogen and oxygen atoms in total. The molecule has 0 spiro atoms. The number of amides is 1. The van der Waals surface area contributed by atoms with Gasteiger partial charge in [0.15, 0.2) is 11.5 Å². The Balaban J connectivity index is 1.52. The summed E-state index contributed by atoms with van der Waals surface area (Å²) < 4.78 is 16.1. The number of ether oxygens (including phenoxy) is 2. The number of aromatic nitrogens is 2. The zero-order valence-electron chi connectivity index (χ0n) is 17.6. The summed E-state index contributed by atoms with van der Waals surface area (Å²) in [6.45, 7) is 4.82. The van der Waals surface area contributed by atoms with Gasteiger partial charge in [-0.2, -0.15) is 4.98 Å². The van der Waals surface area contributed by atoms with Gasteiger partial charge in [-0.05, 0) is 41.8 Å². The zero-order valence-corrected chi connectivity index (χ0v) is 17.6. The number of hydrogen-bond donors (Lipinski definition) is 0. The predicted octanol–water partition coefficient (Wildman–Crippen LogP) is 4.40. The number of carbonyl (C=O) groups is 1. The minimum atomic E-state index is -0.135. The van der Waals surface area contributed by atoms with E-state index in [0.29, 0.717) is 42.1 Å². The molecule has 1 amide bonds. The van der Waals surface area contributed by atoms with Gasteiger partial charge in [0.2, 0.25) is 17.6 Å². The van der Waals surface area contributed by atoms with Gasteiger partial charge in [-0.25, -0.2) is 0 Å². The zero-order chi connectivity index (χ0) is 21.3. The highest BCUT2D eigenvalue weighted by atomic mass is 16.5. The molecule has 0 bridgehead atoms. The highest BCUT2D eigenvalue weighted by Crippen LogP contribution is 2.34. The summed E-state index contributed by atoms with van der Waals surface area (Å²) in [5, 5.41) is 4.10. The highest BCUT2D eigenvalue weighted by Gasteiger charge is 2.35. The third-order valence-electron chi connectivity index (χ3n) is 5.43. The minimum Gasteiger partial charge on any atom is -0.493 e. The van der Waals surface area contributed by atoms with Gasteiger partial charge in [-0.3, -0.25) is 4.79 Å². The summed E-state index contributed by atoms with van der Waals surface area (Å²) in [4.78, 5) is 18.9.